The number of nitrogens with two attached hydrogens (primary N) is 1. The number of rotatable bonds is 6. The lowest BCUT2D eigenvalue weighted by molar-refractivity contribution is -0.125. The van der Waals surface area contributed by atoms with Gasteiger partial charge in [-0.2, -0.15) is 5.10 Å². The molecule has 0 unspecified atom stereocenters. The van der Waals surface area contributed by atoms with E-state index in [4.69, 9.17) is 5.73 Å². The predicted molar refractivity (Wildman–Crippen MR) is 90.1 cm³/mol. The summed E-state index contributed by atoms with van der Waals surface area (Å²) >= 11 is 0. The summed E-state index contributed by atoms with van der Waals surface area (Å²) in [5.74, 6) is 0.229. The summed E-state index contributed by atoms with van der Waals surface area (Å²) in [5.41, 5.74) is 7.43. The molecule has 0 radical (unpaired) electrons. The molecule has 1 aliphatic carbocycles. The Morgan fingerprint density at radius 1 is 1.29 bits per heavy atom. The van der Waals surface area contributed by atoms with Crippen LogP contribution in [0.25, 0.3) is 5.69 Å². The summed E-state index contributed by atoms with van der Waals surface area (Å²) in [7, 11) is 0. The molecule has 3 rings (SSSR count). The van der Waals surface area contributed by atoms with Gasteiger partial charge in [0.1, 0.15) is 5.82 Å². The first-order valence-corrected chi connectivity index (χ1v) is 8.45. The van der Waals surface area contributed by atoms with Crippen molar-refractivity contribution < 1.29 is 9.18 Å². The molecule has 24 heavy (non-hydrogen) atoms. The second kappa shape index (κ2) is 7.57. The van der Waals surface area contributed by atoms with Crippen LogP contribution >= 0.6 is 0 Å². The summed E-state index contributed by atoms with van der Waals surface area (Å²) in [5, 5.41) is 7.46. The molecule has 1 saturated carbocycles. The molecular weight excluding hydrogens is 307 g/mol. The van der Waals surface area contributed by atoms with Gasteiger partial charge in [0.25, 0.3) is 0 Å². The predicted octanol–water partition coefficient (Wildman–Crippen LogP) is 2.05. The first kappa shape index (κ1) is 16.6. The maximum absolute atomic E-state index is 13.0. The van der Waals surface area contributed by atoms with Crippen molar-refractivity contribution >= 4 is 5.91 Å². The third-order valence-corrected chi connectivity index (χ3v) is 4.71. The molecule has 0 spiro atoms. The van der Waals surface area contributed by atoms with Gasteiger partial charge in [-0.1, -0.05) is 6.42 Å². The van der Waals surface area contributed by atoms with Gasteiger partial charge in [0.05, 0.1) is 11.4 Å². The van der Waals surface area contributed by atoms with Gasteiger partial charge in [-0.25, -0.2) is 9.07 Å². The highest BCUT2D eigenvalue weighted by atomic mass is 19.1. The highest BCUT2D eigenvalue weighted by molar-refractivity contribution is 5.79. The third kappa shape index (κ3) is 3.82. The van der Waals surface area contributed by atoms with Crippen molar-refractivity contribution in [3.05, 3.63) is 48.0 Å². The molecule has 0 saturated heterocycles. The van der Waals surface area contributed by atoms with E-state index >= 15 is 0 Å². The molecule has 1 aliphatic rings. The van der Waals surface area contributed by atoms with Gasteiger partial charge in [-0.05, 0) is 55.6 Å². The number of carbonyl (C=O) groups is 1. The molecule has 1 amide bonds. The SMILES string of the molecule is NC[C@H]1CCC[C@H]1C(=O)NCCc1ccn(-c2ccc(F)cc2)n1. The van der Waals surface area contributed by atoms with Gasteiger partial charge in [0, 0.05) is 25.1 Å². The number of halogens is 1. The Balaban J connectivity index is 1.50. The molecule has 0 aliphatic heterocycles. The summed E-state index contributed by atoms with van der Waals surface area (Å²) < 4.78 is 14.7. The molecule has 5 nitrogen and oxygen atoms in total. The molecule has 128 valence electrons. The van der Waals surface area contributed by atoms with Crippen LogP contribution < -0.4 is 11.1 Å². The van der Waals surface area contributed by atoms with Crippen molar-refractivity contribution in [2.75, 3.05) is 13.1 Å². The summed E-state index contributed by atoms with van der Waals surface area (Å²) in [6.45, 7) is 1.15. The Kier molecular flexibility index (Phi) is 5.25. The summed E-state index contributed by atoms with van der Waals surface area (Å²) in [6.07, 6.45) is 5.58. The minimum Gasteiger partial charge on any atom is -0.355 e. The van der Waals surface area contributed by atoms with Crippen molar-refractivity contribution in [2.24, 2.45) is 17.6 Å². The number of nitrogens with zero attached hydrogens (tertiary/aromatic N) is 2. The fourth-order valence-electron chi connectivity index (χ4n) is 3.34. The van der Waals surface area contributed by atoms with Gasteiger partial charge in [-0.3, -0.25) is 4.79 Å². The molecule has 6 heteroatoms. The maximum atomic E-state index is 13.0. The Hall–Kier alpha value is -2.21. The molecule has 1 heterocycles. The normalized spacial score (nSPS) is 20.2. The quantitative estimate of drug-likeness (QED) is 0.851. The van der Waals surface area contributed by atoms with Crippen LogP contribution in [0.2, 0.25) is 0 Å². The highest BCUT2D eigenvalue weighted by Gasteiger charge is 2.31. The minimum atomic E-state index is -0.267. The van der Waals surface area contributed by atoms with Gasteiger partial charge in [0.2, 0.25) is 5.91 Å². The monoisotopic (exact) mass is 330 g/mol. The molecule has 3 N–H and O–H groups in total. The van der Waals surface area contributed by atoms with Crippen LogP contribution in [-0.4, -0.2) is 28.8 Å². The lowest BCUT2D eigenvalue weighted by Gasteiger charge is -2.17. The van der Waals surface area contributed by atoms with E-state index in [0.29, 0.717) is 25.4 Å². The molecule has 2 aromatic rings. The van der Waals surface area contributed by atoms with Crippen LogP contribution in [-0.2, 0) is 11.2 Å². The third-order valence-electron chi connectivity index (χ3n) is 4.71. The average molecular weight is 330 g/mol. The lowest BCUT2D eigenvalue weighted by Crippen LogP contribution is -2.36. The van der Waals surface area contributed by atoms with E-state index in [1.54, 1.807) is 16.8 Å². The van der Waals surface area contributed by atoms with Crippen LogP contribution in [0.15, 0.2) is 36.5 Å². The van der Waals surface area contributed by atoms with E-state index in [1.165, 1.54) is 12.1 Å². The van der Waals surface area contributed by atoms with Gasteiger partial charge in [0.15, 0.2) is 0 Å². The van der Waals surface area contributed by atoms with E-state index in [2.05, 4.69) is 10.4 Å². The average Bonchev–Trinajstić information content (AvgIpc) is 3.24. The zero-order valence-corrected chi connectivity index (χ0v) is 13.6. The van der Waals surface area contributed by atoms with E-state index in [0.717, 1.165) is 30.6 Å². The number of aromatic nitrogens is 2. The topological polar surface area (TPSA) is 72.9 Å². The number of amides is 1. The van der Waals surface area contributed by atoms with Crippen molar-refractivity contribution in [1.29, 1.82) is 0 Å². The molecule has 1 fully saturated rings. The Labute approximate surface area is 141 Å². The fourth-order valence-corrected chi connectivity index (χ4v) is 3.34. The van der Waals surface area contributed by atoms with Gasteiger partial charge in [-0.15, -0.1) is 0 Å². The molecule has 0 bridgehead atoms. The van der Waals surface area contributed by atoms with Crippen molar-refractivity contribution in [2.45, 2.75) is 25.7 Å². The molecule has 1 aromatic heterocycles. The van der Waals surface area contributed by atoms with Crippen LogP contribution in [0.4, 0.5) is 4.39 Å². The van der Waals surface area contributed by atoms with Crippen LogP contribution in [0, 0.1) is 17.7 Å². The van der Waals surface area contributed by atoms with Crippen molar-refractivity contribution in [3.63, 3.8) is 0 Å². The fraction of sp³-hybridized carbons (Fsp3) is 0.444. The maximum Gasteiger partial charge on any atom is 0.223 e. The number of benzene rings is 1. The number of hydrogen-bond acceptors (Lipinski definition) is 3. The minimum absolute atomic E-state index is 0.0618. The zero-order chi connectivity index (χ0) is 16.9. The number of carbonyl (C=O) groups excluding carboxylic acids is 1. The Bertz CT molecular complexity index is 683. The van der Waals surface area contributed by atoms with Gasteiger partial charge >= 0.3 is 0 Å². The van der Waals surface area contributed by atoms with Crippen molar-refractivity contribution in [3.8, 4) is 5.69 Å². The van der Waals surface area contributed by atoms with E-state index in [-0.39, 0.29) is 17.6 Å². The lowest BCUT2D eigenvalue weighted by atomic mass is 9.95. The largest absolute Gasteiger partial charge is 0.355 e. The van der Waals surface area contributed by atoms with Crippen molar-refractivity contribution in [1.82, 2.24) is 15.1 Å². The summed E-state index contributed by atoms with van der Waals surface area (Å²) in [6, 6.07) is 8.09. The Morgan fingerprint density at radius 2 is 2.08 bits per heavy atom. The van der Waals surface area contributed by atoms with Crippen LogP contribution in [0.1, 0.15) is 25.0 Å². The molecule has 2 atom stereocenters. The standard InChI is InChI=1S/C18H23FN4O/c19-14-4-6-16(7-5-14)23-11-9-15(22-23)8-10-21-18(24)17-3-1-2-13(17)12-20/h4-7,9,11,13,17H,1-3,8,10,12,20H2,(H,21,24)/t13-,17-/m1/s1. The van der Waals surface area contributed by atoms with Gasteiger partial charge < -0.3 is 11.1 Å². The first-order chi connectivity index (χ1) is 11.7. The van der Waals surface area contributed by atoms with E-state index in [9.17, 15) is 9.18 Å². The van der Waals surface area contributed by atoms with E-state index in [1.807, 2.05) is 12.3 Å². The Morgan fingerprint density at radius 3 is 2.83 bits per heavy atom. The summed E-state index contributed by atoms with van der Waals surface area (Å²) in [4.78, 5) is 12.2. The first-order valence-electron chi connectivity index (χ1n) is 8.45. The highest BCUT2D eigenvalue weighted by Crippen LogP contribution is 2.30. The van der Waals surface area contributed by atoms with E-state index < -0.39 is 0 Å². The smallest absolute Gasteiger partial charge is 0.223 e. The second-order valence-corrected chi connectivity index (χ2v) is 6.30. The van der Waals surface area contributed by atoms with Crippen LogP contribution in [0.5, 0.6) is 0 Å². The van der Waals surface area contributed by atoms with Crippen LogP contribution in [0.3, 0.4) is 0 Å². The second-order valence-electron chi connectivity index (χ2n) is 6.30. The number of hydrogen-bond donors (Lipinski definition) is 2. The molecular formula is C18H23FN4O. The molecule has 1 aromatic carbocycles. The number of nitrogens with one attached hydrogen (secondary N) is 1. The zero-order valence-electron chi connectivity index (χ0n) is 13.6.